The summed E-state index contributed by atoms with van der Waals surface area (Å²) in [6.45, 7) is 3.95. The van der Waals surface area contributed by atoms with Gasteiger partial charge >= 0.3 is 5.97 Å². The van der Waals surface area contributed by atoms with Crippen LogP contribution < -0.4 is 5.73 Å². The standard InChI is InChI=1S/C17H18N4O2S/c1-4-23-17(22)13-14(18)19-15-12(11-8-6-5-7-9-11)10(2)20-21(15)16(13)24-3/h5-9H,4H2,1-3H3,(H2,18,19). The molecule has 0 aliphatic rings. The Morgan fingerprint density at radius 1 is 1.33 bits per heavy atom. The highest BCUT2D eigenvalue weighted by Gasteiger charge is 2.24. The lowest BCUT2D eigenvalue weighted by atomic mass is 10.1. The quantitative estimate of drug-likeness (QED) is 0.445. The summed E-state index contributed by atoms with van der Waals surface area (Å²) < 4.78 is 6.78. The molecular weight excluding hydrogens is 324 g/mol. The maximum atomic E-state index is 12.3. The summed E-state index contributed by atoms with van der Waals surface area (Å²) in [5, 5.41) is 5.20. The van der Waals surface area contributed by atoms with Gasteiger partial charge in [-0.25, -0.2) is 14.3 Å². The lowest BCUT2D eigenvalue weighted by Crippen LogP contribution is -2.14. The Hall–Kier alpha value is -2.54. The molecule has 1 aromatic carbocycles. The first kappa shape index (κ1) is 16.3. The lowest BCUT2D eigenvalue weighted by molar-refractivity contribution is 0.0521. The smallest absolute Gasteiger partial charge is 0.344 e. The number of hydrogen-bond acceptors (Lipinski definition) is 6. The van der Waals surface area contributed by atoms with Crippen molar-refractivity contribution in [2.75, 3.05) is 18.6 Å². The molecule has 0 amide bonds. The van der Waals surface area contributed by atoms with Gasteiger partial charge in [0.15, 0.2) is 5.65 Å². The van der Waals surface area contributed by atoms with E-state index in [0.29, 0.717) is 10.7 Å². The van der Waals surface area contributed by atoms with E-state index < -0.39 is 5.97 Å². The van der Waals surface area contributed by atoms with Crippen LogP contribution in [-0.4, -0.2) is 33.4 Å². The number of ether oxygens (including phenoxy) is 1. The van der Waals surface area contributed by atoms with Crippen LogP contribution in [0.15, 0.2) is 35.4 Å². The summed E-state index contributed by atoms with van der Waals surface area (Å²) in [6, 6.07) is 9.88. The Kier molecular flexibility index (Phi) is 4.44. The van der Waals surface area contributed by atoms with Crippen molar-refractivity contribution in [2.45, 2.75) is 18.9 Å². The molecule has 0 fully saturated rings. The number of hydrogen-bond donors (Lipinski definition) is 1. The second kappa shape index (κ2) is 6.52. The van der Waals surface area contributed by atoms with Gasteiger partial charge in [-0.15, -0.1) is 11.8 Å². The summed E-state index contributed by atoms with van der Waals surface area (Å²) in [6.07, 6.45) is 1.87. The number of nitrogens with two attached hydrogens (primary N) is 1. The molecule has 0 atom stereocenters. The van der Waals surface area contributed by atoms with Crippen molar-refractivity contribution in [3.8, 4) is 11.1 Å². The second-order valence-corrected chi connectivity index (χ2v) is 5.96. The van der Waals surface area contributed by atoms with Gasteiger partial charge in [0.1, 0.15) is 16.4 Å². The number of rotatable bonds is 4. The second-order valence-electron chi connectivity index (χ2n) is 5.16. The van der Waals surface area contributed by atoms with E-state index in [-0.39, 0.29) is 18.0 Å². The van der Waals surface area contributed by atoms with E-state index in [2.05, 4.69) is 10.1 Å². The normalized spacial score (nSPS) is 11.0. The van der Waals surface area contributed by atoms with Gasteiger partial charge in [0, 0.05) is 5.56 Å². The molecular formula is C17H18N4O2S. The van der Waals surface area contributed by atoms with Crippen LogP contribution in [0.2, 0.25) is 0 Å². The third-order valence-corrected chi connectivity index (χ3v) is 4.42. The van der Waals surface area contributed by atoms with E-state index in [1.807, 2.05) is 43.5 Å². The van der Waals surface area contributed by atoms with Gasteiger partial charge < -0.3 is 10.5 Å². The molecule has 0 saturated carbocycles. The van der Waals surface area contributed by atoms with Crippen LogP contribution in [0.1, 0.15) is 23.0 Å². The first-order valence-electron chi connectivity index (χ1n) is 7.53. The Morgan fingerprint density at radius 3 is 2.67 bits per heavy atom. The number of nitrogens with zero attached hydrogens (tertiary/aromatic N) is 3. The van der Waals surface area contributed by atoms with Gasteiger partial charge in [0.05, 0.1) is 12.3 Å². The highest BCUT2D eigenvalue weighted by molar-refractivity contribution is 7.98. The fourth-order valence-electron chi connectivity index (χ4n) is 2.67. The van der Waals surface area contributed by atoms with Crippen LogP contribution in [0.3, 0.4) is 0 Å². The Balaban J connectivity index is 2.32. The SMILES string of the molecule is CCOC(=O)c1c(N)nc2c(-c3ccccc3)c(C)nn2c1SC. The van der Waals surface area contributed by atoms with Crippen molar-refractivity contribution in [1.82, 2.24) is 14.6 Å². The average molecular weight is 342 g/mol. The molecule has 0 bridgehead atoms. The minimum Gasteiger partial charge on any atom is -0.462 e. The summed E-state index contributed by atoms with van der Waals surface area (Å²) >= 11 is 1.39. The molecule has 0 radical (unpaired) electrons. The minimum atomic E-state index is -0.483. The van der Waals surface area contributed by atoms with Gasteiger partial charge in [-0.1, -0.05) is 30.3 Å². The van der Waals surface area contributed by atoms with Crippen molar-refractivity contribution in [3.05, 3.63) is 41.6 Å². The highest BCUT2D eigenvalue weighted by Crippen LogP contribution is 2.33. The largest absolute Gasteiger partial charge is 0.462 e. The predicted molar refractivity (Wildman–Crippen MR) is 95.3 cm³/mol. The molecule has 0 aliphatic heterocycles. The summed E-state index contributed by atoms with van der Waals surface area (Å²) in [7, 11) is 0. The van der Waals surface area contributed by atoms with Crippen LogP contribution in [0.4, 0.5) is 5.82 Å². The molecule has 2 aromatic heterocycles. The van der Waals surface area contributed by atoms with Gasteiger partial charge in [-0.2, -0.15) is 5.10 Å². The molecule has 2 heterocycles. The Morgan fingerprint density at radius 2 is 2.04 bits per heavy atom. The number of aryl methyl sites for hydroxylation is 1. The van der Waals surface area contributed by atoms with Crippen LogP contribution in [0.5, 0.6) is 0 Å². The van der Waals surface area contributed by atoms with Crippen molar-refractivity contribution in [1.29, 1.82) is 0 Å². The van der Waals surface area contributed by atoms with Gasteiger partial charge in [-0.05, 0) is 25.7 Å². The first-order chi connectivity index (χ1) is 11.6. The Bertz CT molecular complexity index is 906. The van der Waals surface area contributed by atoms with E-state index in [1.165, 1.54) is 11.8 Å². The van der Waals surface area contributed by atoms with Gasteiger partial charge in [-0.3, -0.25) is 0 Å². The molecule has 3 aromatic rings. The van der Waals surface area contributed by atoms with Crippen molar-refractivity contribution < 1.29 is 9.53 Å². The number of thioether (sulfide) groups is 1. The zero-order chi connectivity index (χ0) is 17.3. The molecule has 6 nitrogen and oxygen atoms in total. The van der Waals surface area contributed by atoms with E-state index in [0.717, 1.165) is 16.8 Å². The maximum Gasteiger partial charge on any atom is 0.344 e. The maximum absolute atomic E-state index is 12.3. The molecule has 7 heteroatoms. The number of aromatic nitrogens is 3. The van der Waals surface area contributed by atoms with E-state index >= 15 is 0 Å². The highest BCUT2D eigenvalue weighted by atomic mass is 32.2. The first-order valence-corrected chi connectivity index (χ1v) is 8.76. The fraction of sp³-hybridized carbons (Fsp3) is 0.235. The van der Waals surface area contributed by atoms with Gasteiger partial charge in [0.2, 0.25) is 0 Å². The molecule has 0 saturated heterocycles. The lowest BCUT2D eigenvalue weighted by Gasteiger charge is -2.11. The number of fused-ring (bicyclic) bond motifs is 1. The summed E-state index contributed by atoms with van der Waals surface area (Å²) in [5.74, 6) is -0.328. The number of benzene rings is 1. The molecule has 24 heavy (non-hydrogen) atoms. The molecule has 0 spiro atoms. The monoisotopic (exact) mass is 342 g/mol. The number of nitrogen functional groups attached to an aromatic ring is 1. The number of carbonyl (C=O) groups excluding carboxylic acids is 1. The van der Waals surface area contributed by atoms with Crippen LogP contribution >= 0.6 is 11.8 Å². The molecule has 124 valence electrons. The van der Waals surface area contributed by atoms with Crippen LogP contribution in [0.25, 0.3) is 16.8 Å². The van der Waals surface area contributed by atoms with Crippen molar-refractivity contribution >= 4 is 29.2 Å². The van der Waals surface area contributed by atoms with Crippen LogP contribution in [-0.2, 0) is 4.74 Å². The molecule has 0 aliphatic carbocycles. The Labute approximate surface area is 144 Å². The molecule has 0 unspecified atom stereocenters. The number of carbonyl (C=O) groups is 1. The number of anilines is 1. The van der Waals surface area contributed by atoms with E-state index in [4.69, 9.17) is 10.5 Å². The fourth-order valence-corrected chi connectivity index (χ4v) is 3.36. The van der Waals surface area contributed by atoms with E-state index in [9.17, 15) is 4.79 Å². The molecule has 3 rings (SSSR count). The van der Waals surface area contributed by atoms with Gasteiger partial charge in [0.25, 0.3) is 0 Å². The summed E-state index contributed by atoms with van der Waals surface area (Å²) in [5.41, 5.74) is 9.72. The third-order valence-electron chi connectivity index (χ3n) is 3.66. The zero-order valence-electron chi connectivity index (χ0n) is 13.7. The number of esters is 1. The minimum absolute atomic E-state index is 0.155. The van der Waals surface area contributed by atoms with Crippen molar-refractivity contribution in [3.63, 3.8) is 0 Å². The summed E-state index contributed by atoms with van der Waals surface area (Å²) in [4.78, 5) is 16.7. The third kappa shape index (κ3) is 2.60. The van der Waals surface area contributed by atoms with Crippen molar-refractivity contribution in [2.24, 2.45) is 0 Å². The van der Waals surface area contributed by atoms with Crippen LogP contribution in [0, 0.1) is 6.92 Å². The average Bonchev–Trinajstić information content (AvgIpc) is 2.90. The predicted octanol–water partition coefficient (Wildman–Crippen LogP) is 3.19. The van der Waals surface area contributed by atoms with E-state index in [1.54, 1.807) is 11.4 Å². The zero-order valence-corrected chi connectivity index (χ0v) is 14.6. The molecule has 2 N–H and O–H groups in total. The topological polar surface area (TPSA) is 82.5 Å².